The number of likely N-dealkylation sites (tertiary alicyclic amines) is 1. The number of nitrogens with two attached hydrogens (primary N) is 1. The van der Waals surface area contributed by atoms with Gasteiger partial charge in [-0.05, 0) is 37.5 Å². The number of halogens is 1. The minimum atomic E-state index is 0.0153. The number of piperidine rings is 1. The summed E-state index contributed by atoms with van der Waals surface area (Å²) in [5, 5.41) is 0. The third kappa shape index (κ3) is 3.93. The zero-order valence-corrected chi connectivity index (χ0v) is 13.5. The Morgan fingerprint density at radius 2 is 2.05 bits per heavy atom. The fraction of sp³-hybridized carbons (Fsp3) is 0.429. The van der Waals surface area contributed by atoms with E-state index in [1.165, 1.54) is 6.42 Å². The smallest absolute Gasteiger partial charge is 0.260 e. The second-order valence-corrected chi connectivity index (χ2v) is 6.09. The summed E-state index contributed by atoms with van der Waals surface area (Å²) in [5.41, 5.74) is 6.31. The van der Waals surface area contributed by atoms with E-state index in [2.05, 4.69) is 15.9 Å². The summed E-state index contributed by atoms with van der Waals surface area (Å²) in [4.78, 5) is 14.2. The van der Waals surface area contributed by atoms with Gasteiger partial charge in [-0.25, -0.2) is 0 Å². The molecule has 0 bridgehead atoms. The van der Waals surface area contributed by atoms with Gasteiger partial charge in [0.1, 0.15) is 10.7 Å². The van der Waals surface area contributed by atoms with Crippen LogP contribution in [0.15, 0.2) is 22.7 Å². The van der Waals surface area contributed by atoms with Gasteiger partial charge >= 0.3 is 0 Å². The molecule has 1 saturated heterocycles. The highest BCUT2D eigenvalue weighted by Gasteiger charge is 2.17. The van der Waals surface area contributed by atoms with Gasteiger partial charge in [0.05, 0.1) is 5.56 Å². The summed E-state index contributed by atoms with van der Waals surface area (Å²) >= 11 is 8.36. The number of rotatable bonds is 4. The summed E-state index contributed by atoms with van der Waals surface area (Å²) in [6.07, 6.45) is 3.34. The van der Waals surface area contributed by atoms with Crippen molar-refractivity contribution in [2.45, 2.75) is 19.3 Å². The molecule has 0 aromatic heterocycles. The van der Waals surface area contributed by atoms with E-state index >= 15 is 0 Å². The summed E-state index contributed by atoms with van der Waals surface area (Å²) < 4.78 is 6.46. The standard InChI is InChI=1S/C14H17BrN2O2S/c15-10-4-5-12(11(8-10)14(16)20)19-9-13(18)17-6-2-1-3-7-17/h4-5,8H,1-3,6-7,9H2,(H2,16,20). The normalized spacial score (nSPS) is 14.9. The van der Waals surface area contributed by atoms with Crippen LogP contribution in [0.25, 0.3) is 0 Å². The fourth-order valence-electron chi connectivity index (χ4n) is 2.19. The van der Waals surface area contributed by atoms with Crippen LogP contribution in [0.1, 0.15) is 24.8 Å². The molecule has 1 aliphatic rings. The van der Waals surface area contributed by atoms with E-state index in [0.717, 1.165) is 30.4 Å². The van der Waals surface area contributed by atoms with E-state index in [1.807, 2.05) is 11.0 Å². The monoisotopic (exact) mass is 356 g/mol. The Labute approximate surface area is 132 Å². The molecule has 1 fully saturated rings. The maximum atomic E-state index is 12.0. The number of thiocarbonyl (C=S) groups is 1. The van der Waals surface area contributed by atoms with Gasteiger partial charge in [0.15, 0.2) is 6.61 Å². The Hall–Kier alpha value is -1.14. The summed E-state index contributed by atoms with van der Waals surface area (Å²) in [6, 6.07) is 5.40. The molecule has 20 heavy (non-hydrogen) atoms. The van der Waals surface area contributed by atoms with E-state index in [4.69, 9.17) is 22.7 Å². The van der Waals surface area contributed by atoms with Gasteiger partial charge in [-0.3, -0.25) is 4.79 Å². The third-order valence-electron chi connectivity index (χ3n) is 3.27. The molecule has 1 aliphatic heterocycles. The lowest BCUT2D eigenvalue weighted by atomic mass is 10.1. The molecule has 0 aliphatic carbocycles. The first-order chi connectivity index (χ1) is 9.58. The van der Waals surface area contributed by atoms with E-state index in [0.29, 0.717) is 11.3 Å². The van der Waals surface area contributed by atoms with Crippen LogP contribution in [0.2, 0.25) is 0 Å². The van der Waals surface area contributed by atoms with Gasteiger partial charge in [0.2, 0.25) is 0 Å². The van der Waals surface area contributed by atoms with Crippen molar-refractivity contribution in [2.75, 3.05) is 19.7 Å². The molecule has 1 aromatic rings. The van der Waals surface area contributed by atoms with E-state index in [-0.39, 0.29) is 17.5 Å². The van der Waals surface area contributed by atoms with Crippen molar-refractivity contribution in [3.8, 4) is 5.75 Å². The molecule has 108 valence electrons. The third-order valence-corrected chi connectivity index (χ3v) is 3.98. The second kappa shape index (κ2) is 7.04. The van der Waals surface area contributed by atoms with Crippen molar-refractivity contribution in [1.29, 1.82) is 0 Å². The Balaban J connectivity index is 1.99. The molecule has 2 N–H and O–H groups in total. The molecular weight excluding hydrogens is 340 g/mol. The molecule has 1 aromatic carbocycles. The molecule has 0 unspecified atom stereocenters. The molecule has 0 radical (unpaired) electrons. The summed E-state index contributed by atoms with van der Waals surface area (Å²) in [6.45, 7) is 1.67. The van der Waals surface area contributed by atoms with Gasteiger partial charge in [-0.2, -0.15) is 0 Å². The van der Waals surface area contributed by atoms with Crippen molar-refractivity contribution < 1.29 is 9.53 Å². The molecule has 2 rings (SSSR count). The van der Waals surface area contributed by atoms with Crippen molar-refractivity contribution in [3.05, 3.63) is 28.2 Å². The number of nitrogens with zero attached hydrogens (tertiary/aromatic N) is 1. The Morgan fingerprint density at radius 3 is 2.70 bits per heavy atom. The van der Waals surface area contributed by atoms with Crippen LogP contribution in [0.4, 0.5) is 0 Å². The number of carbonyl (C=O) groups is 1. The predicted molar refractivity (Wildman–Crippen MR) is 86.0 cm³/mol. The van der Waals surface area contributed by atoms with Crippen LogP contribution in [-0.2, 0) is 4.79 Å². The highest BCUT2D eigenvalue weighted by atomic mass is 79.9. The molecule has 6 heteroatoms. The average molecular weight is 357 g/mol. The maximum Gasteiger partial charge on any atom is 0.260 e. The Bertz CT molecular complexity index is 516. The van der Waals surface area contributed by atoms with Gasteiger partial charge < -0.3 is 15.4 Å². The molecule has 1 amide bonds. The highest BCUT2D eigenvalue weighted by molar-refractivity contribution is 9.10. The van der Waals surface area contributed by atoms with Crippen LogP contribution in [0, 0.1) is 0 Å². The Kier molecular flexibility index (Phi) is 5.37. The zero-order chi connectivity index (χ0) is 14.5. The van der Waals surface area contributed by atoms with Gasteiger partial charge in [-0.1, -0.05) is 28.1 Å². The quantitative estimate of drug-likeness (QED) is 0.842. The largest absolute Gasteiger partial charge is 0.483 e. The van der Waals surface area contributed by atoms with Gasteiger partial charge in [0, 0.05) is 17.6 Å². The van der Waals surface area contributed by atoms with Crippen molar-refractivity contribution in [2.24, 2.45) is 5.73 Å². The first-order valence-corrected chi connectivity index (χ1v) is 7.78. The molecule has 4 nitrogen and oxygen atoms in total. The predicted octanol–water partition coefficient (Wildman–Crippen LogP) is 2.47. The zero-order valence-electron chi connectivity index (χ0n) is 11.1. The number of hydrogen-bond donors (Lipinski definition) is 1. The van der Waals surface area contributed by atoms with Crippen LogP contribution in [0.5, 0.6) is 5.75 Å². The number of carbonyl (C=O) groups excluding carboxylic acids is 1. The molecule has 0 spiro atoms. The van der Waals surface area contributed by atoms with Crippen molar-refractivity contribution in [1.82, 2.24) is 4.90 Å². The maximum absolute atomic E-state index is 12.0. The molecule has 1 heterocycles. The minimum absolute atomic E-state index is 0.0153. The lowest BCUT2D eigenvalue weighted by Gasteiger charge is -2.26. The van der Waals surface area contributed by atoms with Crippen LogP contribution < -0.4 is 10.5 Å². The Morgan fingerprint density at radius 1 is 1.35 bits per heavy atom. The van der Waals surface area contributed by atoms with Gasteiger partial charge in [-0.15, -0.1) is 0 Å². The van der Waals surface area contributed by atoms with Crippen LogP contribution >= 0.6 is 28.1 Å². The number of hydrogen-bond acceptors (Lipinski definition) is 3. The number of ether oxygens (including phenoxy) is 1. The topological polar surface area (TPSA) is 55.6 Å². The molecule has 0 atom stereocenters. The second-order valence-electron chi connectivity index (χ2n) is 4.73. The van der Waals surface area contributed by atoms with E-state index < -0.39 is 0 Å². The summed E-state index contributed by atoms with van der Waals surface area (Å²) in [5.74, 6) is 0.563. The number of benzene rings is 1. The van der Waals surface area contributed by atoms with Crippen molar-refractivity contribution in [3.63, 3.8) is 0 Å². The summed E-state index contributed by atoms with van der Waals surface area (Å²) in [7, 11) is 0. The lowest BCUT2D eigenvalue weighted by molar-refractivity contribution is -0.134. The highest BCUT2D eigenvalue weighted by Crippen LogP contribution is 2.23. The molecule has 0 saturated carbocycles. The van der Waals surface area contributed by atoms with Gasteiger partial charge in [0.25, 0.3) is 5.91 Å². The van der Waals surface area contributed by atoms with Crippen LogP contribution in [0.3, 0.4) is 0 Å². The fourth-order valence-corrected chi connectivity index (χ4v) is 2.72. The number of amides is 1. The van der Waals surface area contributed by atoms with E-state index in [1.54, 1.807) is 12.1 Å². The first kappa shape index (κ1) is 15.3. The lowest BCUT2D eigenvalue weighted by Crippen LogP contribution is -2.38. The first-order valence-electron chi connectivity index (χ1n) is 6.58. The van der Waals surface area contributed by atoms with Crippen LogP contribution in [-0.4, -0.2) is 35.5 Å². The molecular formula is C14H17BrN2O2S. The SMILES string of the molecule is NC(=S)c1cc(Br)ccc1OCC(=O)N1CCCCC1. The minimum Gasteiger partial charge on any atom is -0.483 e. The van der Waals surface area contributed by atoms with Crippen molar-refractivity contribution >= 4 is 39.0 Å². The van der Waals surface area contributed by atoms with E-state index in [9.17, 15) is 4.79 Å². The average Bonchev–Trinajstić information content (AvgIpc) is 2.46.